The summed E-state index contributed by atoms with van der Waals surface area (Å²) in [6, 6.07) is 7.09. The van der Waals surface area contributed by atoms with E-state index in [1.54, 1.807) is 31.4 Å². The predicted molar refractivity (Wildman–Crippen MR) is 80.8 cm³/mol. The molecule has 6 nitrogen and oxygen atoms in total. The Balaban J connectivity index is 2.02. The predicted octanol–water partition coefficient (Wildman–Crippen LogP) is 1.31. The number of hydrogen-bond donors (Lipinski definition) is 1. The van der Waals surface area contributed by atoms with Crippen LogP contribution in [0.3, 0.4) is 0 Å². The number of carbonyl (C=O) groups excluding carboxylic acids is 1. The van der Waals surface area contributed by atoms with Gasteiger partial charge in [0.2, 0.25) is 15.9 Å². The van der Waals surface area contributed by atoms with E-state index in [1.807, 2.05) is 0 Å². The van der Waals surface area contributed by atoms with E-state index in [-0.39, 0.29) is 18.4 Å². The number of nitrogens with one attached hydrogen (secondary N) is 1. The number of rotatable bonds is 4. The Kier molecular flexibility index (Phi) is 4.84. The lowest BCUT2D eigenvalue weighted by Crippen LogP contribution is -2.43. The van der Waals surface area contributed by atoms with Gasteiger partial charge in [-0.15, -0.1) is 0 Å². The summed E-state index contributed by atoms with van der Waals surface area (Å²) in [7, 11) is -1.68. The van der Waals surface area contributed by atoms with Crippen molar-refractivity contribution in [1.29, 1.82) is 0 Å². The summed E-state index contributed by atoms with van der Waals surface area (Å²) in [6.07, 6.45) is 2.57. The molecule has 0 bridgehead atoms. The van der Waals surface area contributed by atoms with Crippen LogP contribution in [0.15, 0.2) is 24.3 Å². The van der Waals surface area contributed by atoms with Gasteiger partial charge in [0.1, 0.15) is 5.75 Å². The first-order chi connectivity index (χ1) is 9.90. The smallest absolute Gasteiger partial charge is 0.228 e. The third-order valence-corrected chi connectivity index (χ3v) is 4.83. The molecule has 0 unspecified atom stereocenters. The largest absolute Gasteiger partial charge is 0.497 e. The molecule has 0 radical (unpaired) electrons. The number of benzene rings is 1. The number of methoxy groups -OCH3 is 1. The van der Waals surface area contributed by atoms with Gasteiger partial charge in [0.05, 0.1) is 19.3 Å². The highest BCUT2D eigenvalue weighted by Crippen LogP contribution is 2.22. The number of hydrogen-bond acceptors (Lipinski definition) is 4. The lowest BCUT2D eigenvalue weighted by atomic mass is 9.98. The third kappa shape index (κ3) is 4.18. The van der Waals surface area contributed by atoms with E-state index in [0.29, 0.717) is 30.8 Å². The van der Waals surface area contributed by atoms with E-state index >= 15 is 0 Å². The molecule has 1 amide bonds. The zero-order valence-corrected chi connectivity index (χ0v) is 13.0. The van der Waals surface area contributed by atoms with Gasteiger partial charge in [0, 0.05) is 24.8 Å². The molecule has 1 saturated heterocycles. The minimum atomic E-state index is -3.24. The van der Waals surface area contributed by atoms with E-state index < -0.39 is 10.0 Å². The number of anilines is 1. The molecular formula is C14H20N2O4S. The van der Waals surface area contributed by atoms with E-state index in [0.717, 1.165) is 0 Å². The van der Waals surface area contributed by atoms with Gasteiger partial charge in [0.15, 0.2) is 0 Å². The second-order valence-corrected chi connectivity index (χ2v) is 7.16. The van der Waals surface area contributed by atoms with Crippen LogP contribution in [0.4, 0.5) is 5.69 Å². The summed E-state index contributed by atoms with van der Waals surface area (Å²) in [5.41, 5.74) is 0.649. The van der Waals surface area contributed by atoms with Crippen LogP contribution in [-0.2, 0) is 14.8 Å². The monoisotopic (exact) mass is 312 g/mol. The number of carbonyl (C=O) groups is 1. The van der Waals surface area contributed by atoms with Crippen LogP contribution in [0.5, 0.6) is 5.75 Å². The summed E-state index contributed by atoms with van der Waals surface area (Å²) in [5, 5.41) is 2.82. The van der Waals surface area contributed by atoms with Gasteiger partial charge in [-0.05, 0) is 25.0 Å². The van der Waals surface area contributed by atoms with Crippen LogP contribution in [0.2, 0.25) is 0 Å². The fourth-order valence-corrected chi connectivity index (χ4v) is 3.31. The highest BCUT2D eigenvalue weighted by atomic mass is 32.2. The molecule has 0 aromatic heterocycles. The molecule has 0 saturated carbocycles. The number of sulfonamides is 1. The van der Waals surface area contributed by atoms with Crippen molar-refractivity contribution in [3.8, 4) is 5.75 Å². The summed E-state index contributed by atoms with van der Waals surface area (Å²) in [5.74, 6) is 0.186. The maximum Gasteiger partial charge on any atom is 0.228 e. The number of amides is 1. The molecule has 1 N–H and O–H groups in total. The molecule has 1 atom stereocenters. The lowest BCUT2D eigenvalue weighted by molar-refractivity contribution is -0.120. The molecule has 1 heterocycles. The molecule has 21 heavy (non-hydrogen) atoms. The molecule has 0 spiro atoms. The van der Waals surface area contributed by atoms with E-state index in [1.165, 1.54) is 10.6 Å². The van der Waals surface area contributed by atoms with Gasteiger partial charge >= 0.3 is 0 Å². The van der Waals surface area contributed by atoms with Gasteiger partial charge in [-0.3, -0.25) is 4.79 Å². The second kappa shape index (κ2) is 6.44. The molecule has 116 valence electrons. The van der Waals surface area contributed by atoms with Crippen LogP contribution < -0.4 is 10.1 Å². The molecule has 1 aromatic rings. The first-order valence-corrected chi connectivity index (χ1v) is 8.65. The van der Waals surface area contributed by atoms with Gasteiger partial charge in [-0.2, -0.15) is 0 Å². The maximum absolute atomic E-state index is 12.3. The standard InChI is InChI=1S/C14H20N2O4S/c1-20-13-7-3-6-12(9-13)15-14(17)11-5-4-8-16(10-11)21(2,18)19/h3,6-7,9,11H,4-5,8,10H2,1-2H3,(H,15,17)/t11-/m0/s1. The van der Waals surface area contributed by atoms with Crippen molar-refractivity contribution in [3.63, 3.8) is 0 Å². The van der Waals surface area contributed by atoms with Crippen LogP contribution in [-0.4, -0.2) is 45.1 Å². The van der Waals surface area contributed by atoms with Crippen LogP contribution in [0.25, 0.3) is 0 Å². The summed E-state index contributed by atoms with van der Waals surface area (Å²) < 4.78 is 29.6. The van der Waals surface area contributed by atoms with Gasteiger partial charge in [-0.1, -0.05) is 6.07 Å². The van der Waals surface area contributed by atoms with Crippen molar-refractivity contribution in [3.05, 3.63) is 24.3 Å². The van der Waals surface area contributed by atoms with E-state index in [9.17, 15) is 13.2 Å². The quantitative estimate of drug-likeness (QED) is 0.909. The van der Waals surface area contributed by atoms with Gasteiger partial charge in [-0.25, -0.2) is 12.7 Å². The number of nitrogens with zero attached hydrogens (tertiary/aromatic N) is 1. The fraction of sp³-hybridized carbons (Fsp3) is 0.500. The number of piperidine rings is 1. The zero-order valence-electron chi connectivity index (χ0n) is 12.2. The first-order valence-electron chi connectivity index (χ1n) is 6.80. The van der Waals surface area contributed by atoms with Crippen molar-refractivity contribution >= 4 is 21.6 Å². The van der Waals surface area contributed by atoms with Crippen LogP contribution in [0.1, 0.15) is 12.8 Å². The fourth-order valence-electron chi connectivity index (χ4n) is 2.40. The van der Waals surface area contributed by atoms with E-state index in [2.05, 4.69) is 5.32 Å². The van der Waals surface area contributed by atoms with Gasteiger partial charge < -0.3 is 10.1 Å². The van der Waals surface area contributed by atoms with Crippen molar-refractivity contribution in [2.75, 3.05) is 31.8 Å². The summed E-state index contributed by atoms with van der Waals surface area (Å²) in [4.78, 5) is 12.3. The highest BCUT2D eigenvalue weighted by Gasteiger charge is 2.30. The second-order valence-electron chi connectivity index (χ2n) is 5.18. The van der Waals surface area contributed by atoms with E-state index in [4.69, 9.17) is 4.74 Å². The Morgan fingerprint density at radius 1 is 1.43 bits per heavy atom. The normalized spacial score (nSPS) is 20.0. The van der Waals surface area contributed by atoms with Crippen molar-refractivity contribution in [2.45, 2.75) is 12.8 Å². The lowest BCUT2D eigenvalue weighted by Gasteiger charge is -2.30. The Bertz CT molecular complexity index is 615. The average Bonchev–Trinajstić information content (AvgIpc) is 2.46. The molecule has 0 aliphatic carbocycles. The molecular weight excluding hydrogens is 292 g/mol. The zero-order chi connectivity index (χ0) is 15.5. The van der Waals surface area contributed by atoms with Crippen LogP contribution >= 0.6 is 0 Å². The minimum Gasteiger partial charge on any atom is -0.497 e. The van der Waals surface area contributed by atoms with Crippen molar-refractivity contribution < 1.29 is 17.9 Å². The third-order valence-electron chi connectivity index (χ3n) is 3.56. The number of ether oxygens (including phenoxy) is 1. The Morgan fingerprint density at radius 2 is 2.19 bits per heavy atom. The maximum atomic E-state index is 12.3. The molecule has 1 fully saturated rings. The SMILES string of the molecule is COc1cccc(NC(=O)[C@H]2CCCN(S(C)(=O)=O)C2)c1. The Labute approximate surface area is 125 Å². The molecule has 2 rings (SSSR count). The molecule has 1 aliphatic heterocycles. The molecule has 1 aliphatic rings. The summed E-state index contributed by atoms with van der Waals surface area (Å²) in [6.45, 7) is 0.733. The topological polar surface area (TPSA) is 75.7 Å². The van der Waals surface area contributed by atoms with Gasteiger partial charge in [0.25, 0.3) is 0 Å². The Morgan fingerprint density at radius 3 is 2.86 bits per heavy atom. The molecule has 1 aromatic carbocycles. The first kappa shape index (κ1) is 15.8. The summed E-state index contributed by atoms with van der Waals surface area (Å²) >= 11 is 0. The van der Waals surface area contributed by atoms with Crippen molar-refractivity contribution in [2.24, 2.45) is 5.92 Å². The highest BCUT2D eigenvalue weighted by molar-refractivity contribution is 7.88. The van der Waals surface area contributed by atoms with Crippen LogP contribution in [0, 0.1) is 5.92 Å². The Hall–Kier alpha value is -1.60. The average molecular weight is 312 g/mol. The van der Waals surface area contributed by atoms with Crippen molar-refractivity contribution in [1.82, 2.24) is 4.31 Å². The minimum absolute atomic E-state index is 0.156. The molecule has 7 heteroatoms.